The first-order valence-corrected chi connectivity index (χ1v) is 42.7. The zero-order valence-corrected chi connectivity index (χ0v) is 68.0. The molecule has 4 aromatic heterocycles. The molecule has 3 aliphatic rings. The molecule has 14 heteroatoms. The summed E-state index contributed by atoms with van der Waals surface area (Å²) in [5, 5.41) is 12.6. The molecule has 0 amide bonds. The lowest BCUT2D eigenvalue weighted by Gasteiger charge is -2.43. The van der Waals surface area contributed by atoms with Gasteiger partial charge in [0, 0.05) is 51.3 Å². The lowest BCUT2D eigenvalue weighted by molar-refractivity contribution is -0.249. The zero-order chi connectivity index (χ0) is 77.4. The maximum atomic E-state index is 16.4. The maximum Gasteiger partial charge on any atom is 0.435 e. The molecule has 0 N–H and O–H groups in total. The molecule has 12 aromatic rings. The first-order chi connectivity index (χ1) is 52.8. The largest absolute Gasteiger partial charge is 0.491 e. The van der Waals surface area contributed by atoms with E-state index in [0.717, 1.165) is 42.6 Å². The Labute approximate surface area is 661 Å². The van der Waals surface area contributed by atoms with Gasteiger partial charge in [0.1, 0.15) is 5.76 Å². The second kappa shape index (κ2) is 29.2. The Morgan fingerprint density at radius 3 is 1.29 bits per heavy atom. The number of nitriles is 1. The van der Waals surface area contributed by atoms with Crippen molar-refractivity contribution in [3.8, 4) is 25.6 Å². The van der Waals surface area contributed by atoms with Crippen molar-refractivity contribution in [3.63, 3.8) is 0 Å². The third kappa shape index (κ3) is 12.2. The molecular weight excluding hydrogens is 1450 g/mol. The topological polar surface area (TPSA) is 54.2 Å². The highest BCUT2D eigenvalue weighted by Gasteiger charge is 2.65. The molecule has 0 saturated carbocycles. The van der Waals surface area contributed by atoms with Gasteiger partial charge in [-0.05, 0) is 137 Å². The van der Waals surface area contributed by atoms with Gasteiger partial charge in [-0.1, -0.05) is 289 Å². The lowest BCUT2D eigenvalue weighted by atomic mass is 9.67. The second-order valence-corrected chi connectivity index (χ2v) is 39.8. The van der Waals surface area contributed by atoms with Crippen LogP contribution in [0, 0.1) is 24.5 Å². The van der Waals surface area contributed by atoms with E-state index < -0.39 is 53.7 Å². The van der Waals surface area contributed by atoms with Gasteiger partial charge in [0.25, 0.3) is 14.0 Å². The molecule has 0 saturated heterocycles. The minimum atomic E-state index is -5.15. The van der Waals surface area contributed by atoms with Gasteiger partial charge in [-0.25, -0.2) is 15.0 Å². The first kappa shape index (κ1) is 75.2. The fourth-order valence-electron chi connectivity index (χ4n) is 16.9. The van der Waals surface area contributed by atoms with Crippen molar-refractivity contribution in [1.82, 2.24) is 0 Å². The van der Waals surface area contributed by atoms with Crippen LogP contribution in [0.3, 0.4) is 0 Å². The van der Waals surface area contributed by atoms with Gasteiger partial charge in [0.2, 0.25) is 11.3 Å². The van der Waals surface area contributed by atoms with E-state index in [2.05, 4.69) is 304 Å². The Bertz CT molecular complexity index is 5580. The molecule has 1 unspecified atom stereocenters. The molecular formula is C96H85F3N4O2S4Si. The number of ether oxygens (including phenoxy) is 1. The Hall–Kier alpha value is -10.2. The number of hydrogen-bond acceptors (Lipinski definition) is 8. The number of nitrogens with zero attached hydrogens (tertiary/aromatic N) is 4. The number of alkyl halides is 3. The summed E-state index contributed by atoms with van der Waals surface area (Å²) >= 11 is 7.06. The Balaban J connectivity index is 0.900. The van der Waals surface area contributed by atoms with Gasteiger partial charge in [-0.15, -0.1) is 45.3 Å². The fraction of sp³-hybridized carbons (Fsp3) is 0.240. The number of thiophene rings is 4. The summed E-state index contributed by atoms with van der Waals surface area (Å²) in [7, 11) is -0.573. The van der Waals surface area contributed by atoms with Gasteiger partial charge in [-0.2, -0.15) is 13.2 Å². The average Bonchev–Trinajstić information content (AvgIpc) is 1.48. The van der Waals surface area contributed by atoms with E-state index in [9.17, 15) is 5.26 Å². The molecule has 0 radical (unpaired) electrons. The lowest BCUT2D eigenvalue weighted by Crippen LogP contribution is -2.67. The van der Waals surface area contributed by atoms with E-state index in [0.29, 0.717) is 29.9 Å². The standard InChI is InChI=1S/C96H85F3N4O2S4Si/c1-59(2)64-33-41-68(42-34-64)93(69-43-35-65(36-44-69)60(3)4)79-56-74(51-32-63-30-49-73(50-31-63)103(14)54-55-104-110(92(9,10)11,76-26-20-16-21-27-76)77-28-22-17-23-29-77)106-86(79)88-82(93)90-91(108-88)83-89(109-90)87-80(94(83,70-45-37-66(38-46-70)61(5)6)71-47-39-67(40-48-71)62(7)8)57-75(107-87)52-53-78-84(102-13)85(81(58-100)101-12)105-95(78,96(97,98)99)72-24-18-15-19-25-72/h15-53,56-57,59-62H,54-55H2,1-11,14H3/b51-32+,53-52+,85-81+. The number of anilines is 1. The van der Waals surface area contributed by atoms with Crippen LogP contribution < -0.4 is 15.3 Å². The number of rotatable bonds is 20. The zero-order valence-electron chi connectivity index (χ0n) is 63.8. The third-order valence-corrected chi connectivity index (χ3v) is 32.7. The van der Waals surface area contributed by atoms with E-state index in [1.54, 1.807) is 18.2 Å². The summed E-state index contributed by atoms with van der Waals surface area (Å²) in [5.41, 5.74) is 9.20. The van der Waals surface area contributed by atoms with Crippen molar-refractivity contribution in [2.24, 2.45) is 0 Å². The molecule has 2 aliphatic carbocycles. The predicted octanol–water partition coefficient (Wildman–Crippen LogP) is 25.8. The summed E-state index contributed by atoms with van der Waals surface area (Å²) in [6.07, 6.45) is 2.37. The van der Waals surface area contributed by atoms with E-state index in [4.69, 9.17) is 22.3 Å². The van der Waals surface area contributed by atoms with Gasteiger partial charge >= 0.3 is 6.18 Å². The minimum absolute atomic E-state index is 0.127. The van der Waals surface area contributed by atoms with Crippen LogP contribution in [0.4, 0.5) is 18.9 Å². The second-order valence-electron chi connectivity index (χ2n) is 31.3. The highest BCUT2D eigenvalue weighted by Crippen LogP contribution is 2.70. The van der Waals surface area contributed by atoms with E-state index in [-0.39, 0.29) is 22.4 Å². The molecule has 0 fully saturated rings. The van der Waals surface area contributed by atoms with Crippen molar-refractivity contribution in [2.45, 2.75) is 127 Å². The van der Waals surface area contributed by atoms with Crippen LogP contribution in [0.2, 0.25) is 5.04 Å². The molecule has 0 bridgehead atoms. The van der Waals surface area contributed by atoms with Crippen molar-refractivity contribution >= 4 is 97.4 Å². The monoisotopic (exact) mass is 1540 g/mol. The van der Waals surface area contributed by atoms with Crippen LogP contribution in [-0.4, -0.2) is 34.7 Å². The van der Waals surface area contributed by atoms with Gasteiger partial charge in [0.15, 0.2) is 0 Å². The van der Waals surface area contributed by atoms with Crippen molar-refractivity contribution in [3.05, 3.63) is 364 Å². The van der Waals surface area contributed by atoms with E-state index >= 15 is 13.2 Å². The molecule has 1 aliphatic heterocycles. The van der Waals surface area contributed by atoms with Crippen LogP contribution >= 0.6 is 45.3 Å². The number of fused-ring (bicyclic) bond motifs is 9. The SMILES string of the molecule is [C-]#[N+]C1=C(/C=C/c2cc3c(s2)-c2sc4c5c(sc4c2C3(c2ccc(C(C)C)cc2)c2ccc(C(C)C)cc2)-c2sc(/C=C/c3ccc(N(C)CCO[Si](c4ccccc4)(c4ccccc4)C(C)(C)C)cc3)cc2C5(c2ccc(C(C)C)cc2)c2ccc(C(C)C)cc2)C(c2ccccc2)(C(F)(F)F)O/C1=C(\C#N)[N+]#[C-]. The average molecular weight is 1540 g/mol. The number of halogens is 3. The highest BCUT2D eigenvalue weighted by molar-refractivity contribution is 7.34. The smallest absolute Gasteiger partial charge is 0.435 e. The summed E-state index contributed by atoms with van der Waals surface area (Å²) in [4.78, 5) is 15.6. The maximum absolute atomic E-state index is 16.4. The molecule has 110 heavy (non-hydrogen) atoms. The van der Waals surface area contributed by atoms with Crippen LogP contribution in [0.5, 0.6) is 0 Å². The van der Waals surface area contributed by atoms with Crippen molar-refractivity contribution < 1.29 is 22.3 Å². The normalized spacial score (nSPS) is 16.3. The molecule has 0 spiro atoms. The van der Waals surface area contributed by atoms with Crippen LogP contribution in [0.1, 0.15) is 187 Å². The number of likely N-dealkylation sites (N-methyl/N-ethyl adjacent to an activating group) is 1. The molecule has 1 atom stereocenters. The summed E-state index contributed by atoms with van der Waals surface area (Å²) in [6.45, 7) is 42.3. The first-order valence-electron chi connectivity index (χ1n) is 37.5. The number of hydrogen-bond donors (Lipinski definition) is 0. The van der Waals surface area contributed by atoms with Gasteiger partial charge in [-0.3, -0.25) is 0 Å². The summed E-state index contributed by atoms with van der Waals surface area (Å²) in [5.74, 6) is 0.404. The Kier molecular flexibility index (Phi) is 20.0. The van der Waals surface area contributed by atoms with E-state index in [1.807, 2.05) is 34.0 Å². The summed E-state index contributed by atoms with van der Waals surface area (Å²) < 4.78 is 64.7. The fourth-order valence-corrected chi connectivity index (χ4v) is 27.1. The highest BCUT2D eigenvalue weighted by atomic mass is 32.1. The molecule has 15 rings (SSSR count). The number of benzene rings is 8. The molecule has 550 valence electrons. The molecule has 5 heterocycles. The van der Waals surface area contributed by atoms with Gasteiger partial charge < -0.3 is 14.1 Å². The minimum Gasteiger partial charge on any atom is -0.491 e. The molecule has 6 nitrogen and oxygen atoms in total. The third-order valence-electron chi connectivity index (χ3n) is 22.6. The van der Waals surface area contributed by atoms with Gasteiger partial charge in [0.05, 0.1) is 65.6 Å². The quantitative estimate of drug-likeness (QED) is 0.0433. The number of allylic oxidation sites excluding steroid dienone is 1. The Morgan fingerprint density at radius 2 is 0.927 bits per heavy atom. The summed E-state index contributed by atoms with van der Waals surface area (Å²) in [6, 6.07) is 80.8. The molecule has 8 aromatic carbocycles. The van der Waals surface area contributed by atoms with Crippen LogP contribution in [-0.2, 0) is 25.6 Å². The Morgan fingerprint density at radius 1 is 0.527 bits per heavy atom. The van der Waals surface area contributed by atoms with Crippen LogP contribution in [0.15, 0.2) is 253 Å². The predicted molar refractivity (Wildman–Crippen MR) is 456 cm³/mol. The van der Waals surface area contributed by atoms with Crippen molar-refractivity contribution in [2.75, 3.05) is 25.1 Å². The van der Waals surface area contributed by atoms with Crippen molar-refractivity contribution in [1.29, 1.82) is 5.26 Å². The van der Waals surface area contributed by atoms with Crippen LogP contribution in [0.25, 0.3) is 56.8 Å². The van der Waals surface area contributed by atoms with E-state index in [1.165, 1.54) is 121 Å².